The molecule has 6 nitrogen and oxygen atoms in total. The van der Waals surface area contributed by atoms with Crippen LogP contribution in [0.25, 0.3) is 0 Å². The Bertz CT molecular complexity index is 814. The Hall–Kier alpha value is -2.70. The number of amides is 2. The normalized spacial score (nSPS) is 21.0. The summed E-state index contributed by atoms with van der Waals surface area (Å²) in [5.74, 6) is 0.0356. The van der Waals surface area contributed by atoms with E-state index < -0.39 is 6.04 Å². The highest BCUT2D eigenvalue weighted by Crippen LogP contribution is 2.25. The van der Waals surface area contributed by atoms with Crippen molar-refractivity contribution in [2.24, 2.45) is 0 Å². The van der Waals surface area contributed by atoms with Gasteiger partial charge < -0.3 is 15.0 Å². The zero-order valence-corrected chi connectivity index (χ0v) is 16.5. The van der Waals surface area contributed by atoms with E-state index in [1.54, 1.807) is 0 Å². The number of rotatable bonds is 5. The SMILES string of the molecule is O=C(Nc1ccccc1)C(c1ccccc1)N1CCN(C(=O)C2CCCO2)CC1. The number of hydrogen-bond donors (Lipinski definition) is 1. The van der Waals surface area contributed by atoms with E-state index in [-0.39, 0.29) is 17.9 Å². The van der Waals surface area contributed by atoms with Crippen LogP contribution in [-0.2, 0) is 14.3 Å². The fourth-order valence-corrected chi connectivity index (χ4v) is 4.07. The predicted molar refractivity (Wildman–Crippen MR) is 111 cm³/mol. The lowest BCUT2D eigenvalue weighted by Crippen LogP contribution is -2.53. The number of para-hydroxylation sites is 1. The Morgan fingerprint density at radius 1 is 0.931 bits per heavy atom. The van der Waals surface area contributed by atoms with E-state index in [0.717, 1.165) is 24.1 Å². The van der Waals surface area contributed by atoms with Gasteiger partial charge in [-0.15, -0.1) is 0 Å². The van der Waals surface area contributed by atoms with Crippen LogP contribution in [0.4, 0.5) is 5.69 Å². The maximum atomic E-state index is 13.2. The van der Waals surface area contributed by atoms with Gasteiger partial charge in [0.2, 0.25) is 5.91 Å². The van der Waals surface area contributed by atoms with Crippen molar-refractivity contribution in [3.05, 3.63) is 66.2 Å². The van der Waals surface area contributed by atoms with Gasteiger partial charge in [0.1, 0.15) is 12.1 Å². The molecule has 2 aromatic rings. The van der Waals surface area contributed by atoms with Crippen LogP contribution in [0.3, 0.4) is 0 Å². The zero-order valence-electron chi connectivity index (χ0n) is 16.5. The van der Waals surface area contributed by atoms with Crippen LogP contribution < -0.4 is 5.32 Å². The molecule has 29 heavy (non-hydrogen) atoms. The number of hydrogen-bond acceptors (Lipinski definition) is 4. The molecular weight excluding hydrogens is 366 g/mol. The van der Waals surface area contributed by atoms with Crippen molar-refractivity contribution in [2.75, 3.05) is 38.1 Å². The molecule has 2 unspecified atom stereocenters. The Morgan fingerprint density at radius 2 is 1.59 bits per heavy atom. The van der Waals surface area contributed by atoms with E-state index in [1.807, 2.05) is 65.6 Å². The van der Waals surface area contributed by atoms with Gasteiger partial charge in [-0.05, 0) is 30.5 Å². The quantitative estimate of drug-likeness (QED) is 0.849. The topological polar surface area (TPSA) is 61.9 Å². The van der Waals surface area contributed by atoms with Crippen molar-refractivity contribution in [1.29, 1.82) is 0 Å². The summed E-state index contributed by atoms with van der Waals surface area (Å²) in [6, 6.07) is 18.9. The van der Waals surface area contributed by atoms with E-state index >= 15 is 0 Å². The summed E-state index contributed by atoms with van der Waals surface area (Å²) in [6.07, 6.45) is 1.48. The average Bonchev–Trinajstić information content (AvgIpc) is 3.30. The first-order valence-corrected chi connectivity index (χ1v) is 10.3. The molecule has 0 aliphatic carbocycles. The van der Waals surface area contributed by atoms with E-state index in [2.05, 4.69) is 10.2 Å². The van der Waals surface area contributed by atoms with Crippen molar-refractivity contribution >= 4 is 17.5 Å². The molecule has 2 amide bonds. The highest BCUT2D eigenvalue weighted by Gasteiger charge is 2.34. The number of ether oxygens (including phenoxy) is 1. The standard InChI is InChI=1S/C23H27N3O3/c27-22(24-19-10-5-2-6-11-19)21(18-8-3-1-4-9-18)25-13-15-26(16-14-25)23(28)20-12-7-17-29-20/h1-6,8-11,20-21H,7,12-17H2,(H,24,27). The average molecular weight is 393 g/mol. The van der Waals surface area contributed by atoms with Gasteiger partial charge in [-0.3, -0.25) is 14.5 Å². The molecule has 152 valence electrons. The molecule has 2 saturated heterocycles. The molecule has 0 bridgehead atoms. The minimum absolute atomic E-state index is 0.0543. The van der Waals surface area contributed by atoms with Gasteiger partial charge in [0.15, 0.2) is 0 Å². The Kier molecular flexibility index (Phi) is 6.22. The van der Waals surface area contributed by atoms with Gasteiger partial charge in [0, 0.05) is 38.5 Å². The first kappa shape index (κ1) is 19.6. The molecule has 0 saturated carbocycles. The second-order valence-corrected chi connectivity index (χ2v) is 7.53. The number of benzene rings is 2. The molecule has 0 spiro atoms. The Morgan fingerprint density at radius 3 is 2.21 bits per heavy atom. The molecule has 2 aliphatic rings. The molecule has 4 rings (SSSR count). The summed E-state index contributed by atoms with van der Waals surface area (Å²) in [5.41, 5.74) is 1.74. The minimum Gasteiger partial charge on any atom is -0.368 e. The van der Waals surface area contributed by atoms with Crippen LogP contribution >= 0.6 is 0 Å². The first-order chi connectivity index (χ1) is 14.2. The summed E-state index contributed by atoms with van der Waals surface area (Å²) in [6.45, 7) is 3.20. The number of carbonyl (C=O) groups excluding carboxylic acids is 2. The zero-order chi connectivity index (χ0) is 20.1. The lowest BCUT2D eigenvalue weighted by atomic mass is 10.0. The number of piperazine rings is 1. The van der Waals surface area contributed by atoms with Crippen LogP contribution in [0.15, 0.2) is 60.7 Å². The summed E-state index contributed by atoms with van der Waals surface area (Å²) in [7, 11) is 0. The van der Waals surface area contributed by atoms with Gasteiger partial charge in [-0.1, -0.05) is 48.5 Å². The lowest BCUT2D eigenvalue weighted by Gasteiger charge is -2.39. The second-order valence-electron chi connectivity index (χ2n) is 7.53. The van der Waals surface area contributed by atoms with E-state index in [0.29, 0.717) is 32.8 Å². The smallest absolute Gasteiger partial charge is 0.251 e. The Labute approximate surface area is 171 Å². The van der Waals surface area contributed by atoms with E-state index in [9.17, 15) is 9.59 Å². The fourth-order valence-electron chi connectivity index (χ4n) is 4.07. The van der Waals surface area contributed by atoms with Crippen LogP contribution in [0.1, 0.15) is 24.4 Å². The van der Waals surface area contributed by atoms with Crippen molar-refractivity contribution in [3.63, 3.8) is 0 Å². The largest absolute Gasteiger partial charge is 0.368 e. The number of nitrogens with zero attached hydrogens (tertiary/aromatic N) is 2. The maximum absolute atomic E-state index is 13.2. The number of carbonyl (C=O) groups is 2. The molecule has 1 N–H and O–H groups in total. The van der Waals surface area contributed by atoms with Crippen molar-refractivity contribution in [2.45, 2.75) is 25.0 Å². The van der Waals surface area contributed by atoms with E-state index in [1.165, 1.54) is 0 Å². The summed E-state index contributed by atoms with van der Waals surface area (Å²) in [4.78, 5) is 29.8. The third-order valence-electron chi connectivity index (χ3n) is 5.60. The van der Waals surface area contributed by atoms with Crippen molar-refractivity contribution < 1.29 is 14.3 Å². The molecule has 2 aliphatic heterocycles. The summed E-state index contributed by atoms with van der Waals surface area (Å²) in [5, 5.41) is 3.04. The fraction of sp³-hybridized carbons (Fsp3) is 0.391. The van der Waals surface area contributed by atoms with Crippen LogP contribution in [0.5, 0.6) is 0 Å². The van der Waals surface area contributed by atoms with Gasteiger partial charge in [0.25, 0.3) is 5.91 Å². The maximum Gasteiger partial charge on any atom is 0.251 e. The van der Waals surface area contributed by atoms with Crippen LogP contribution in [0, 0.1) is 0 Å². The Balaban J connectivity index is 1.46. The molecule has 0 aromatic heterocycles. The lowest BCUT2D eigenvalue weighted by molar-refractivity contribution is -0.143. The highest BCUT2D eigenvalue weighted by atomic mass is 16.5. The van der Waals surface area contributed by atoms with Gasteiger partial charge in [0.05, 0.1) is 0 Å². The molecule has 2 heterocycles. The third-order valence-corrected chi connectivity index (χ3v) is 5.60. The van der Waals surface area contributed by atoms with Crippen molar-refractivity contribution in [1.82, 2.24) is 9.80 Å². The monoisotopic (exact) mass is 393 g/mol. The van der Waals surface area contributed by atoms with Gasteiger partial charge in [-0.25, -0.2) is 0 Å². The molecular formula is C23H27N3O3. The minimum atomic E-state index is -0.392. The highest BCUT2D eigenvalue weighted by molar-refractivity contribution is 5.95. The van der Waals surface area contributed by atoms with Gasteiger partial charge in [-0.2, -0.15) is 0 Å². The molecule has 2 atom stereocenters. The second kappa shape index (κ2) is 9.20. The van der Waals surface area contributed by atoms with Crippen LogP contribution in [0.2, 0.25) is 0 Å². The van der Waals surface area contributed by atoms with Crippen molar-refractivity contribution in [3.8, 4) is 0 Å². The molecule has 2 aromatic carbocycles. The molecule has 0 radical (unpaired) electrons. The molecule has 6 heteroatoms. The first-order valence-electron chi connectivity index (χ1n) is 10.3. The van der Waals surface area contributed by atoms with Gasteiger partial charge >= 0.3 is 0 Å². The number of anilines is 1. The number of nitrogens with one attached hydrogen (secondary N) is 1. The molecule has 2 fully saturated rings. The van der Waals surface area contributed by atoms with Crippen LogP contribution in [-0.4, -0.2) is 60.5 Å². The predicted octanol–water partition coefficient (Wildman–Crippen LogP) is 2.69. The third kappa shape index (κ3) is 4.66. The summed E-state index contributed by atoms with van der Waals surface area (Å²) < 4.78 is 5.55. The van der Waals surface area contributed by atoms with E-state index in [4.69, 9.17) is 4.74 Å². The summed E-state index contributed by atoms with van der Waals surface area (Å²) >= 11 is 0.